The zero-order valence-corrected chi connectivity index (χ0v) is 11.5. The molecule has 0 aromatic heterocycles. The van der Waals surface area contributed by atoms with Crippen LogP contribution in [0.5, 0.6) is 0 Å². The van der Waals surface area contributed by atoms with Crippen molar-refractivity contribution in [1.29, 1.82) is 0 Å². The van der Waals surface area contributed by atoms with Crippen molar-refractivity contribution in [3.05, 3.63) is 35.1 Å². The van der Waals surface area contributed by atoms with Gasteiger partial charge in [-0.15, -0.1) is 0 Å². The lowest BCUT2D eigenvalue weighted by Crippen LogP contribution is -2.34. The normalized spacial score (nSPS) is 18.8. The second-order valence-corrected chi connectivity index (χ2v) is 5.64. The summed E-state index contributed by atoms with van der Waals surface area (Å²) in [6.07, 6.45) is 6.82. The summed E-state index contributed by atoms with van der Waals surface area (Å²) in [5, 5.41) is 3.57. The van der Waals surface area contributed by atoms with Crippen molar-refractivity contribution >= 4 is 0 Å². The highest BCUT2D eigenvalue weighted by Crippen LogP contribution is 2.26. The third kappa shape index (κ3) is 3.55. The Kier molecular flexibility index (Phi) is 4.76. The summed E-state index contributed by atoms with van der Waals surface area (Å²) in [6, 6.07) is 5.57. The Hall–Kier alpha value is -0.890. The number of halogens is 1. The van der Waals surface area contributed by atoms with Crippen molar-refractivity contribution in [2.45, 2.75) is 58.5 Å². The number of aryl methyl sites for hydroxylation is 1. The van der Waals surface area contributed by atoms with Gasteiger partial charge in [0.1, 0.15) is 5.82 Å². The third-order valence-electron chi connectivity index (χ3n) is 4.28. The smallest absolute Gasteiger partial charge is 0.123 e. The summed E-state index contributed by atoms with van der Waals surface area (Å²) < 4.78 is 13.2. The van der Waals surface area contributed by atoms with E-state index in [9.17, 15) is 4.39 Å². The Morgan fingerprint density at radius 3 is 2.72 bits per heavy atom. The maximum absolute atomic E-state index is 13.2. The molecule has 0 aliphatic heterocycles. The SMILES string of the molecule is Cc1ccc(F)cc1CNC(C)C1CCCCC1. The van der Waals surface area contributed by atoms with Gasteiger partial charge in [0.25, 0.3) is 0 Å². The number of rotatable bonds is 4. The van der Waals surface area contributed by atoms with Gasteiger partial charge in [-0.25, -0.2) is 4.39 Å². The van der Waals surface area contributed by atoms with Gasteiger partial charge in [0.15, 0.2) is 0 Å². The molecule has 0 bridgehead atoms. The second kappa shape index (κ2) is 6.33. The highest BCUT2D eigenvalue weighted by atomic mass is 19.1. The molecular weight excluding hydrogens is 225 g/mol. The summed E-state index contributed by atoms with van der Waals surface area (Å²) in [4.78, 5) is 0. The number of hydrogen-bond acceptors (Lipinski definition) is 1. The van der Waals surface area contributed by atoms with E-state index in [0.717, 1.165) is 18.0 Å². The first kappa shape index (κ1) is 13.5. The molecule has 18 heavy (non-hydrogen) atoms. The van der Waals surface area contributed by atoms with Gasteiger partial charge in [-0.2, -0.15) is 0 Å². The number of benzene rings is 1. The lowest BCUT2D eigenvalue weighted by atomic mass is 9.84. The van der Waals surface area contributed by atoms with E-state index in [4.69, 9.17) is 0 Å². The second-order valence-electron chi connectivity index (χ2n) is 5.64. The Morgan fingerprint density at radius 1 is 1.28 bits per heavy atom. The van der Waals surface area contributed by atoms with Crippen LogP contribution < -0.4 is 5.32 Å². The van der Waals surface area contributed by atoms with Crippen LogP contribution in [0.4, 0.5) is 4.39 Å². The van der Waals surface area contributed by atoms with Crippen LogP contribution in [-0.4, -0.2) is 6.04 Å². The summed E-state index contributed by atoms with van der Waals surface area (Å²) >= 11 is 0. The van der Waals surface area contributed by atoms with Gasteiger partial charge in [-0.3, -0.25) is 0 Å². The van der Waals surface area contributed by atoms with E-state index in [1.165, 1.54) is 43.7 Å². The fourth-order valence-corrected chi connectivity index (χ4v) is 2.90. The van der Waals surface area contributed by atoms with Crippen molar-refractivity contribution in [1.82, 2.24) is 5.32 Å². The van der Waals surface area contributed by atoms with Crippen molar-refractivity contribution in [2.75, 3.05) is 0 Å². The van der Waals surface area contributed by atoms with E-state index in [1.807, 2.05) is 13.0 Å². The van der Waals surface area contributed by atoms with E-state index < -0.39 is 0 Å². The average Bonchev–Trinajstić information content (AvgIpc) is 2.40. The Labute approximate surface area is 110 Å². The molecule has 1 unspecified atom stereocenters. The van der Waals surface area contributed by atoms with Crippen LogP contribution in [0, 0.1) is 18.7 Å². The van der Waals surface area contributed by atoms with Crippen LogP contribution in [0.3, 0.4) is 0 Å². The van der Waals surface area contributed by atoms with Crippen LogP contribution in [0.25, 0.3) is 0 Å². The molecule has 0 spiro atoms. The molecule has 0 saturated heterocycles. The number of nitrogens with one attached hydrogen (secondary N) is 1. The highest BCUT2D eigenvalue weighted by molar-refractivity contribution is 5.26. The molecule has 1 aliphatic rings. The minimum absolute atomic E-state index is 0.136. The topological polar surface area (TPSA) is 12.0 Å². The molecule has 1 saturated carbocycles. The largest absolute Gasteiger partial charge is 0.310 e. The molecule has 1 aromatic rings. The molecule has 100 valence electrons. The summed E-state index contributed by atoms with van der Waals surface area (Å²) in [7, 11) is 0. The fourth-order valence-electron chi connectivity index (χ4n) is 2.90. The first-order valence-corrected chi connectivity index (χ1v) is 7.15. The van der Waals surface area contributed by atoms with E-state index in [0.29, 0.717) is 6.04 Å². The minimum atomic E-state index is -0.136. The maximum Gasteiger partial charge on any atom is 0.123 e. The van der Waals surface area contributed by atoms with Crippen LogP contribution in [0.2, 0.25) is 0 Å². The predicted molar refractivity (Wildman–Crippen MR) is 74.0 cm³/mol. The molecule has 1 N–H and O–H groups in total. The molecule has 1 aromatic carbocycles. The molecule has 0 heterocycles. The van der Waals surface area contributed by atoms with Gasteiger partial charge in [-0.1, -0.05) is 25.3 Å². The quantitative estimate of drug-likeness (QED) is 0.843. The highest BCUT2D eigenvalue weighted by Gasteiger charge is 2.19. The first-order chi connectivity index (χ1) is 8.66. The van der Waals surface area contributed by atoms with Crippen LogP contribution in [0.1, 0.15) is 50.2 Å². The Balaban J connectivity index is 1.88. The first-order valence-electron chi connectivity index (χ1n) is 7.15. The van der Waals surface area contributed by atoms with E-state index >= 15 is 0 Å². The Morgan fingerprint density at radius 2 is 2.00 bits per heavy atom. The van der Waals surface area contributed by atoms with E-state index in [-0.39, 0.29) is 5.82 Å². The fraction of sp³-hybridized carbons (Fsp3) is 0.625. The monoisotopic (exact) mass is 249 g/mol. The molecule has 1 aliphatic carbocycles. The van der Waals surface area contributed by atoms with Gasteiger partial charge >= 0.3 is 0 Å². The molecular formula is C16H24FN. The van der Waals surface area contributed by atoms with Gasteiger partial charge < -0.3 is 5.32 Å². The van der Waals surface area contributed by atoms with Crippen molar-refractivity contribution < 1.29 is 4.39 Å². The molecule has 1 nitrogen and oxygen atoms in total. The summed E-state index contributed by atoms with van der Waals surface area (Å²) in [6.45, 7) is 5.09. The number of hydrogen-bond donors (Lipinski definition) is 1. The standard InChI is InChI=1S/C16H24FN/c1-12-8-9-16(17)10-15(12)11-18-13(2)14-6-4-3-5-7-14/h8-10,13-14,18H,3-7,11H2,1-2H3. The van der Waals surface area contributed by atoms with Gasteiger partial charge in [0, 0.05) is 12.6 Å². The third-order valence-corrected chi connectivity index (χ3v) is 4.28. The lowest BCUT2D eigenvalue weighted by molar-refractivity contribution is 0.280. The molecule has 0 amide bonds. The minimum Gasteiger partial charge on any atom is -0.310 e. The van der Waals surface area contributed by atoms with Gasteiger partial charge in [0.2, 0.25) is 0 Å². The molecule has 1 atom stereocenters. The lowest BCUT2D eigenvalue weighted by Gasteiger charge is -2.28. The summed E-state index contributed by atoms with van der Waals surface area (Å²) in [5.74, 6) is 0.662. The predicted octanol–water partition coefficient (Wildman–Crippen LogP) is 4.19. The van der Waals surface area contributed by atoms with Crippen LogP contribution in [-0.2, 0) is 6.54 Å². The molecule has 2 heteroatoms. The maximum atomic E-state index is 13.2. The van der Waals surface area contributed by atoms with Gasteiger partial charge in [0.05, 0.1) is 0 Å². The van der Waals surface area contributed by atoms with E-state index in [1.54, 1.807) is 6.07 Å². The van der Waals surface area contributed by atoms with E-state index in [2.05, 4.69) is 12.2 Å². The van der Waals surface area contributed by atoms with Crippen molar-refractivity contribution in [3.8, 4) is 0 Å². The Bertz CT molecular complexity index is 383. The van der Waals surface area contributed by atoms with Crippen LogP contribution in [0.15, 0.2) is 18.2 Å². The summed E-state index contributed by atoms with van der Waals surface area (Å²) in [5.41, 5.74) is 2.25. The molecule has 0 radical (unpaired) electrons. The zero-order valence-electron chi connectivity index (χ0n) is 11.5. The van der Waals surface area contributed by atoms with Crippen LogP contribution >= 0.6 is 0 Å². The van der Waals surface area contributed by atoms with Crippen molar-refractivity contribution in [2.24, 2.45) is 5.92 Å². The molecule has 1 fully saturated rings. The van der Waals surface area contributed by atoms with Gasteiger partial charge in [-0.05, 0) is 55.9 Å². The zero-order chi connectivity index (χ0) is 13.0. The average molecular weight is 249 g/mol. The molecule has 2 rings (SSSR count). The van der Waals surface area contributed by atoms with Crippen molar-refractivity contribution in [3.63, 3.8) is 0 Å².